The first-order chi connectivity index (χ1) is 21.6. The number of thioether (sulfide) groups is 1. The summed E-state index contributed by atoms with van der Waals surface area (Å²) in [6.07, 6.45) is 6.88. The summed E-state index contributed by atoms with van der Waals surface area (Å²) in [6.45, 7) is 8.85. The molecular formula is C33H52N6O5S. The molecule has 1 aromatic carbocycles. The summed E-state index contributed by atoms with van der Waals surface area (Å²) in [7, 11) is 7.11. The molecule has 4 rings (SSSR count). The van der Waals surface area contributed by atoms with Crippen molar-refractivity contribution in [2.75, 3.05) is 59.4 Å². The molecule has 2 amide bonds. The number of piperidine rings is 1. The number of likely N-dealkylation sites (N-methyl/N-ethyl adjacent to an activating group) is 1. The number of hydrogen-bond donors (Lipinski definition) is 3. The Morgan fingerprint density at radius 1 is 1.20 bits per heavy atom. The molecule has 0 aliphatic carbocycles. The molecule has 0 bridgehead atoms. The number of carbonyl (C=O) groups is 3. The van der Waals surface area contributed by atoms with E-state index in [-0.39, 0.29) is 18.4 Å². The molecular weight excluding hydrogens is 592 g/mol. The maximum absolute atomic E-state index is 13.5. The van der Waals surface area contributed by atoms with E-state index in [1.807, 2.05) is 16.7 Å². The van der Waals surface area contributed by atoms with Crippen LogP contribution in [-0.2, 0) is 14.3 Å². The van der Waals surface area contributed by atoms with E-state index in [0.29, 0.717) is 17.4 Å². The van der Waals surface area contributed by atoms with Crippen LogP contribution in [0.3, 0.4) is 0 Å². The van der Waals surface area contributed by atoms with E-state index in [9.17, 15) is 4.79 Å². The van der Waals surface area contributed by atoms with Gasteiger partial charge in [-0.05, 0) is 76.3 Å². The number of ether oxygens (including phenoxy) is 1. The summed E-state index contributed by atoms with van der Waals surface area (Å²) in [5.41, 5.74) is 18.9. The number of hydroxylamine groups is 1. The van der Waals surface area contributed by atoms with Crippen molar-refractivity contribution in [3.8, 4) is 5.88 Å². The Morgan fingerprint density at radius 2 is 1.87 bits per heavy atom. The molecule has 1 saturated heterocycles. The topological polar surface area (TPSA) is 153 Å². The van der Waals surface area contributed by atoms with Crippen LogP contribution in [0.15, 0.2) is 52.6 Å². The highest BCUT2D eigenvalue weighted by Gasteiger charge is 2.32. The number of benzene rings is 1. The zero-order chi connectivity index (χ0) is 33.8. The highest BCUT2D eigenvalue weighted by atomic mass is 32.2. The minimum atomic E-state index is -0.00569. The van der Waals surface area contributed by atoms with Gasteiger partial charge in [-0.15, -0.1) is 11.8 Å². The molecule has 0 radical (unpaired) electrons. The summed E-state index contributed by atoms with van der Waals surface area (Å²) in [6, 6.07) is 9.85. The van der Waals surface area contributed by atoms with Crippen molar-refractivity contribution in [1.29, 1.82) is 0 Å². The largest absolute Gasteiger partial charge is 0.398 e. The standard InChI is InChI=1S/C28H39N5O2S.C2H6O.C2H4O.CH3NO/c1-19-5-8-25(33(17-19)28(34)23-7-10-27(31-16-23)35-30-3)22-6-9-26(24(29)15-22)36-14-12-21-11-13-32(4)18-20(21)2;1-3-2;1-2-3;2-1-3/h6-7,9-10,15-16,19,25,30H,5,8,11-14,17-18,29H2,1-4H3;1-2H3;2H,1H3;1H,(H2,2,3)/t19?,25-;;;/m1.../s1. The Kier molecular flexibility index (Phi) is 19.5. The number of nitrogen functional groups attached to an aromatic ring is 1. The van der Waals surface area contributed by atoms with Gasteiger partial charge in [-0.3, -0.25) is 9.59 Å². The first-order valence-corrected chi connectivity index (χ1v) is 16.0. The zero-order valence-corrected chi connectivity index (χ0v) is 28.7. The van der Waals surface area contributed by atoms with E-state index in [1.54, 1.807) is 45.2 Å². The maximum atomic E-state index is 13.5. The molecule has 12 heteroatoms. The number of carbonyl (C=O) groups excluding carboxylic acids is 3. The normalized spacial score (nSPS) is 17.8. The van der Waals surface area contributed by atoms with E-state index < -0.39 is 0 Å². The zero-order valence-electron chi connectivity index (χ0n) is 27.9. The van der Waals surface area contributed by atoms with Crippen LogP contribution < -0.4 is 21.8 Å². The lowest BCUT2D eigenvalue weighted by Crippen LogP contribution is -2.41. The van der Waals surface area contributed by atoms with Gasteiger partial charge in [-0.1, -0.05) is 24.1 Å². The van der Waals surface area contributed by atoms with Crippen LogP contribution in [0.2, 0.25) is 0 Å². The van der Waals surface area contributed by atoms with Gasteiger partial charge in [0, 0.05) is 69.5 Å². The van der Waals surface area contributed by atoms with Crippen molar-refractivity contribution >= 4 is 36.1 Å². The van der Waals surface area contributed by atoms with Crippen LogP contribution in [0.25, 0.3) is 0 Å². The molecule has 1 aromatic heterocycles. The van der Waals surface area contributed by atoms with E-state index >= 15 is 0 Å². The molecule has 11 nitrogen and oxygen atoms in total. The second kappa shape index (κ2) is 22.1. The molecule has 1 fully saturated rings. The van der Waals surface area contributed by atoms with Crippen LogP contribution in [-0.4, -0.2) is 87.1 Å². The SMILES string of the molecule is CC=O.CNOc1ccc(C(=O)N2CC(C)CC[C@@H]2c2ccc(SCCC3=C(C)CN(C)CC3)c(N)c2)cn1.COC.NC=O. The lowest BCUT2D eigenvalue weighted by atomic mass is 9.89. The van der Waals surface area contributed by atoms with Gasteiger partial charge < -0.3 is 35.6 Å². The third kappa shape index (κ3) is 13.6. The molecule has 2 aliphatic rings. The van der Waals surface area contributed by atoms with Crippen LogP contribution in [0.4, 0.5) is 5.69 Å². The fourth-order valence-corrected chi connectivity index (χ4v) is 6.18. The van der Waals surface area contributed by atoms with Gasteiger partial charge in [0.25, 0.3) is 5.91 Å². The second-order valence-corrected chi connectivity index (χ2v) is 12.0. The molecule has 2 aliphatic heterocycles. The quantitative estimate of drug-likeness (QED) is 0.123. The van der Waals surface area contributed by atoms with Gasteiger partial charge in [0.15, 0.2) is 0 Å². The Labute approximate surface area is 273 Å². The average molecular weight is 645 g/mol. The molecule has 5 N–H and O–H groups in total. The predicted molar refractivity (Wildman–Crippen MR) is 182 cm³/mol. The second-order valence-electron chi connectivity index (χ2n) is 10.9. The number of methoxy groups -OCH3 is 1. The molecule has 0 spiro atoms. The van der Waals surface area contributed by atoms with Crippen molar-refractivity contribution in [3.05, 3.63) is 58.8 Å². The number of nitrogens with one attached hydrogen (secondary N) is 1. The van der Waals surface area contributed by atoms with Crippen LogP contribution >= 0.6 is 11.8 Å². The van der Waals surface area contributed by atoms with E-state index in [1.165, 1.54) is 18.9 Å². The minimum Gasteiger partial charge on any atom is -0.398 e. The van der Waals surface area contributed by atoms with E-state index in [2.05, 4.69) is 64.9 Å². The average Bonchev–Trinajstić information content (AvgIpc) is 3.00. The molecule has 2 atom stereocenters. The number of likely N-dealkylation sites (tertiary alicyclic amines) is 1. The van der Waals surface area contributed by atoms with Gasteiger partial charge in [-0.2, -0.15) is 5.48 Å². The molecule has 250 valence electrons. The number of anilines is 1. The first kappa shape index (κ1) is 39.6. The fourth-order valence-electron chi connectivity index (χ4n) is 5.22. The van der Waals surface area contributed by atoms with Crippen molar-refractivity contribution in [1.82, 2.24) is 20.3 Å². The van der Waals surface area contributed by atoms with Crippen molar-refractivity contribution in [2.24, 2.45) is 11.7 Å². The van der Waals surface area contributed by atoms with Gasteiger partial charge in [0.05, 0.1) is 11.6 Å². The number of hydrogen-bond acceptors (Lipinski definition) is 10. The third-order valence-electron chi connectivity index (χ3n) is 7.25. The summed E-state index contributed by atoms with van der Waals surface area (Å²) in [5.74, 6) is 1.91. The number of amides is 2. The highest BCUT2D eigenvalue weighted by molar-refractivity contribution is 7.99. The Hall–Kier alpha value is -3.45. The summed E-state index contributed by atoms with van der Waals surface area (Å²) in [4.78, 5) is 45.8. The lowest BCUT2D eigenvalue weighted by Gasteiger charge is -2.39. The fraction of sp³-hybridized carbons (Fsp3) is 0.515. The number of primary amides is 1. The van der Waals surface area contributed by atoms with Gasteiger partial charge >= 0.3 is 0 Å². The Balaban J connectivity index is 0.00000101. The van der Waals surface area contributed by atoms with E-state index in [4.69, 9.17) is 20.2 Å². The lowest BCUT2D eigenvalue weighted by molar-refractivity contribution is -0.107. The Morgan fingerprint density at radius 3 is 2.42 bits per heavy atom. The van der Waals surface area contributed by atoms with Gasteiger partial charge in [0.2, 0.25) is 12.3 Å². The van der Waals surface area contributed by atoms with Crippen LogP contribution in [0.5, 0.6) is 5.88 Å². The molecule has 1 unspecified atom stereocenters. The number of aromatic nitrogens is 1. The minimum absolute atomic E-state index is 0.00569. The predicted octanol–water partition coefficient (Wildman–Crippen LogP) is 4.49. The molecule has 3 heterocycles. The van der Waals surface area contributed by atoms with Crippen molar-refractivity contribution in [3.63, 3.8) is 0 Å². The monoisotopic (exact) mass is 644 g/mol. The van der Waals surface area contributed by atoms with Crippen LogP contribution in [0.1, 0.15) is 68.4 Å². The number of nitrogens with zero attached hydrogens (tertiary/aromatic N) is 3. The number of rotatable bonds is 8. The summed E-state index contributed by atoms with van der Waals surface area (Å²) < 4.78 is 4.25. The van der Waals surface area contributed by atoms with Gasteiger partial charge in [0.1, 0.15) is 6.29 Å². The van der Waals surface area contributed by atoms with Crippen LogP contribution in [0, 0.1) is 5.92 Å². The molecule has 45 heavy (non-hydrogen) atoms. The third-order valence-corrected chi connectivity index (χ3v) is 8.35. The van der Waals surface area contributed by atoms with Gasteiger partial charge in [-0.25, -0.2) is 4.98 Å². The summed E-state index contributed by atoms with van der Waals surface area (Å²) in [5, 5.41) is 0. The number of pyridine rings is 1. The molecule has 0 saturated carbocycles. The van der Waals surface area contributed by atoms with Crippen molar-refractivity contribution < 1.29 is 24.0 Å². The van der Waals surface area contributed by atoms with E-state index in [0.717, 1.165) is 67.1 Å². The molecule has 2 aromatic rings. The number of nitrogens with two attached hydrogens (primary N) is 2. The Bertz CT molecular complexity index is 1200. The first-order valence-electron chi connectivity index (χ1n) is 15.0. The van der Waals surface area contributed by atoms with Crippen molar-refractivity contribution in [2.45, 2.75) is 57.4 Å². The highest BCUT2D eigenvalue weighted by Crippen LogP contribution is 2.37. The summed E-state index contributed by atoms with van der Waals surface area (Å²) >= 11 is 1.83. The number of aldehydes is 1. The maximum Gasteiger partial charge on any atom is 0.255 e. The smallest absolute Gasteiger partial charge is 0.255 e.